The number of nitrogens with zero attached hydrogens (tertiary/aromatic N) is 3. The van der Waals surface area contributed by atoms with E-state index in [4.69, 9.17) is 4.74 Å². The van der Waals surface area contributed by atoms with E-state index in [9.17, 15) is 13.6 Å². The number of rotatable bonds is 4. The molecule has 0 spiro atoms. The van der Waals surface area contributed by atoms with Crippen LogP contribution >= 0.6 is 0 Å². The number of aromatic nitrogens is 3. The third-order valence-corrected chi connectivity index (χ3v) is 4.74. The number of fused-ring (bicyclic) bond motifs is 1. The molecule has 2 aromatic heterocycles. The van der Waals surface area contributed by atoms with Crippen LogP contribution in [-0.4, -0.2) is 27.7 Å². The maximum atomic E-state index is 13.9. The number of esters is 1. The van der Waals surface area contributed by atoms with Crippen LogP contribution in [0.4, 0.5) is 8.78 Å². The van der Waals surface area contributed by atoms with Crippen molar-refractivity contribution in [2.45, 2.75) is 6.92 Å². The molecular formula is C23H17F2N3O2. The van der Waals surface area contributed by atoms with E-state index in [1.807, 2.05) is 25.3 Å². The third kappa shape index (κ3) is 3.69. The van der Waals surface area contributed by atoms with E-state index in [-0.39, 0.29) is 5.56 Å². The van der Waals surface area contributed by atoms with E-state index < -0.39 is 17.6 Å². The fourth-order valence-corrected chi connectivity index (χ4v) is 3.12. The van der Waals surface area contributed by atoms with Crippen LogP contribution in [-0.2, 0) is 4.74 Å². The van der Waals surface area contributed by atoms with Gasteiger partial charge in [-0.1, -0.05) is 18.2 Å². The number of pyridine rings is 1. The molecule has 7 heteroatoms. The normalized spacial score (nSPS) is 11.3. The summed E-state index contributed by atoms with van der Waals surface area (Å²) in [4.78, 5) is 11.9. The Morgan fingerprint density at radius 2 is 1.87 bits per heavy atom. The lowest BCUT2D eigenvalue weighted by Crippen LogP contribution is -2.02. The Morgan fingerprint density at radius 1 is 1.03 bits per heavy atom. The van der Waals surface area contributed by atoms with Gasteiger partial charge in [0.25, 0.3) is 0 Å². The Bertz CT molecular complexity index is 1300. The predicted molar refractivity (Wildman–Crippen MR) is 110 cm³/mol. The molecule has 150 valence electrons. The monoisotopic (exact) mass is 405 g/mol. The largest absolute Gasteiger partial charge is 0.465 e. The summed E-state index contributed by atoms with van der Waals surface area (Å²) in [5, 5.41) is 8.46. The van der Waals surface area contributed by atoms with Gasteiger partial charge in [-0.15, -0.1) is 10.2 Å². The highest BCUT2D eigenvalue weighted by atomic mass is 19.1. The molecule has 0 N–H and O–H groups in total. The standard InChI is InChI=1S/C23H17F2N3O2/c1-14-3-6-17(23(29)30-2)11-19(14)22-27-26-21-10-5-15(13-28(21)22)4-7-16-8-9-18(24)12-20(16)25/h3-13H,1-2H3. The van der Waals surface area contributed by atoms with Gasteiger partial charge in [-0.2, -0.15) is 0 Å². The summed E-state index contributed by atoms with van der Waals surface area (Å²) in [6.07, 6.45) is 5.10. The van der Waals surface area contributed by atoms with Gasteiger partial charge in [0.05, 0.1) is 12.7 Å². The number of carbonyl (C=O) groups excluding carboxylic acids is 1. The molecular weight excluding hydrogens is 388 g/mol. The lowest BCUT2D eigenvalue weighted by atomic mass is 10.0. The summed E-state index contributed by atoms with van der Waals surface area (Å²) in [5.41, 5.74) is 3.76. The minimum atomic E-state index is -0.632. The number of hydrogen-bond acceptors (Lipinski definition) is 4. The second-order valence-corrected chi connectivity index (χ2v) is 6.73. The average Bonchev–Trinajstić information content (AvgIpc) is 3.16. The Morgan fingerprint density at radius 3 is 2.63 bits per heavy atom. The van der Waals surface area contributed by atoms with E-state index in [2.05, 4.69) is 10.2 Å². The molecule has 0 radical (unpaired) electrons. The summed E-state index contributed by atoms with van der Waals surface area (Å²) >= 11 is 0. The number of hydrogen-bond donors (Lipinski definition) is 0. The van der Waals surface area contributed by atoms with Gasteiger partial charge in [0.1, 0.15) is 11.6 Å². The quantitative estimate of drug-likeness (QED) is 0.451. The van der Waals surface area contributed by atoms with Crippen molar-refractivity contribution in [1.29, 1.82) is 0 Å². The molecule has 0 unspecified atom stereocenters. The molecule has 2 heterocycles. The van der Waals surface area contributed by atoms with E-state index in [1.165, 1.54) is 19.2 Å². The van der Waals surface area contributed by atoms with Crippen LogP contribution in [0.25, 0.3) is 29.2 Å². The van der Waals surface area contributed by atoms with Crippen LogP contribution in [0.5, 0.6) is 0 Å². The van der Waals surface area contributed by atoms with Crippen molar-refractivity contribution < 1.29 is 18.3 Å². The van der Waals surface area contributed by atoms with Gasteiger partial charge in [-0.05, 0) is 54.4 Å². The van der Waals surface area contributed by atoms with Crippen molar-refractivity contribution in [1.82, 2.24) is 14.6 Å². The average molecular weight is 405 g/mol. The van der Waals surface area contributed by atoms with Crippen molar-refractivity contribution in [2.75, 3.05) is 7.11 Å². The zero-order valence-electron chi connectivity index (χ0n) is 16.3. The first kappa shape index (κ1) is 19.4. The zero-order chi connectivity index (χ0) is 21.3. The van der Waals surface area contributed by atoms with Crippen molar-refractivity contribution in [3.05, 3.63) is 88.6 Å². The van der Waals surface area contributed by atoms with Crippen molar-refractivity contribution in [2.24, 2.45) is 0 Å². The fraction of sp³-hybridized carbons (Fsp3) is 0.0870. The number of aryl methyl sites for hydroxylation is 1. The molecule has 0 atom stereocenters. The Balaban J connectivity index is 1.75. The van der Waals surface area contributed by atoms with Gasteiger partial charge >= 0.3 is 5.97 Å². The minimum Gasteiger partial charge on any atom is -0.465 e. The Kier molecular flexibility index (Phi) is 5.10. The molecule has 4 rings (SSSR count). The summed E-state index contributed by atoms with van der Waals surface area (Å²) in [5.74, 6) is -1.12. The first-order valence-electron chi connectivity index (χ1n) is 9.13. The predicted octanol–water partition coefficient (Wildman–Crippen LogP) is 4.94. The number of ether oxygens (including phenoxy) is 1. The highest BCUT2D eigenvalue weighted by Gasteiger charge is 2.14. The first-order chi connectivity index (χ1) is 14.5. The number of halogens is 2. The SMILES string of the molecule is COC(=O)c1ccc(C)c(-c2nnc3ccc(C=Cc4ccc(F)cc4F)cn23)c1. The van der Waals surface area contributed by atoms with Gasteiger partial charge in [0.2, 0.25) is 0 Å². The van der Waals surface area contributed by atoms with Crippen LogP contribution < -0.4 is 0 Å². The van der Waals surface area contributed by atoms with E-state index >= 15 is 0 Å². The second kappa shape index (κ2) is 7.87. The molecule has 30 heavy (non-hydrogen) atoms. The molecule has 0 fully saturated rings. The molecule has 0 saturated heterocycles. The van der Waals surface area contributed by atoms with Crippen LogP contribution in [0, 0.1) is 18.6 Å². The fourth-order valence-electron chi connectivity index (χ4n) is 3.12. The molecule has 0 bridgehead atoms. The van der Waals surface area contributed by atoms with Crippen molar-refractivity contribution in [3.8, 4) is 11.4 Å². The van der Waals surface area contributed by atoms with Crippen LogP contribution in [0.2, 0.25) is 0 Å². The Hall–Kier alpha value is -3.87. The highest BCUT2D eigenvalue weighted by molar-refractivity contribution is 5.91. The summed E-state index contributed by atoms with van der Waals surface area (Å²) in [6, 6.07) is 12.3. The number of carbonyl (C=O) groups is 1. The van der Waals surface area contributed by atoms with Crippen LogP contribution in [0.1, 0.15) is 27.0 Å². The lowest BCUT2D eigenvalue weighted by Gasteiger charge is -2.07. The summed E-state index contributed by atoms with van der Waals surface area (Å²) < 4.78 is 33.5. The van der Waals surface area contributed by atoms with Gasteiger partial charge < -0.3 is 4.74 Å². The maximum Gasteiger partial charge on any atom is 0.337 e. The van der Waals surface area contributed by atoms with Crippen molar-refractivity contribution in [3.63, 3.8) is 0 Å². The van der Waals surface area contributed by atoms with E-state index in [0.29, 0.717) is 17.0 Å². The number of methoxy groups -OCH3 is 1. The molecule has 0 aliphatic heterocycles. The molecule has 0 aliphatic carbocycles. The van der Waals surface area contributed by atoms with Gasteiger partial charge in [0, 0.05) is 23.4 Å². The molecule has 0 saturated carbocycles. The zero-order valence-corrected chi connectivity index (χ0v) is 16.3. The molecule has 4 aromatic rings. The first-order valence-corrected chi connectivity index (χ1v) is 9.13. The van der Waals surface area contributed by atoms with Gasteiger partial charge in [-0.3, -0.25) is 4.40 Å². The lowest BCUT2D eigenvalue weighted by molar-refractivity contribution is 0.0601. The minimum absolute atomic E-state index is 0.280. The molecule has 0 aliphatic rings. The summed E-state index contributed by atoms with van der Waals surface area (Å²) in [6.45, 7) is 1.92. The number of benzene rings is 2. The molecule has 5 nitrogen and oxygen atoms in total. The molecule has 0 amide bonds. The van der Waals surface area contributed by atoms with E-state index in [0.717, 1.165) is 22.8 Å². The second-order valence-electron chi connectivity index (χ2n) is 6.73. The third-order valence-electron chi connectivity index (χ3n) is 4.74. The highest BCUT2D eigenvalue weighted by Crippen LogP contribution is 2.25. The topological polar surface area (TPSA) is 56.5 Å². The van der Waals surface area contributed by atoms with Crippen molar-refractivity contribution >= 4 is 23.8 Å². The van der Waals surface area contributed by atoms with E-state index in [1.54, 1.807) is 34.8 Å². The van der Waals surface area contributed by atoms with Crippen LogP contribution in [0.3, 0.4) is 0 Å². The van der Waals surface area contributed by atoms with Gasteiger partial charge in [-0.25, -0.2) is 13.6 Å². The molecule has 2 aromatic carbocycles. The van der Waals surface area contributed by atoms with Crippen LogP contribution in [0.15, 0.2) is 54.7 Å². The maximum absolute atomic E-state index is 13.9. The Labute approximate surface area is 171 Å². The summed E-state index contributed by atoms with van der Waals surface area (Å²) in [7, 11) is 1.33. The van der Waals surface area contributed by atoms with Gasteiger partial charge in [0.15, 0.2) is 11.5 Å². The smallest absolute Gasteiger partial charge is 0.337 e.